The van der Waals surface area contributed by atoms with Crippen molar-refractivity contribution in [2.75, 3.05) is 9.80 Å². The third kappa shape index (κ3) is 5.04. The molecule has 0 radical (unpaired) electrons. The molecule has 51 heavy (non-hydrogen) atoms. The summed E-state index contributed by atoms with van der Waals surface area (Å²) in [5.74, 6) is 0. The highest BCUT2D eigenvalue weighted by Gasteiger charge is 2.19. The molecule has 0 amide bonds. The molecule has 0 aliphatic heterocycles. The average molecular weight is 651 g/mol. The van der Waals surface area contributed by atoms with Gasteiger partial charge in [0.15, 0.2) is 0 Å². The van der Waals surface area contributed by atoms with Gasteiger partial charge in [-0.25, -0.2) is 0 Å². The molecule has 0 aromatic heterocycles. The first kappa shape index (κ1) is 29.3. The van der Waals surface area contributed by atoms with Crippen LogP contribution >= 0.6 is 0 Å². The van der Waals surface area contributed by atoms with E-state index in [1.54, 1.807) is 0 Å². The summed E-state index contributed by atoms with van der Waals surface area (Å²) < 4.78 is 0. The Hall–Kier alpha value is -6.64. The molecule has 0 unspecified atom stereocenters. The van der Waals surface area contributed by atoms with Crippen molar-refractivity contribution in [1.29, 1.82) is 0 Å². The quantitative estimate of drug-likeness (QED) is 0.165. The predicted octanol–water partition coefficient (Wildman–Crippen LogP) is 14.1. The molecule has 0 aliphatic carbocycles. The highest BCUT2D eigenvalue weighted by Crippen LogP contribution is 2.45. The smallest absolute Gasteiger partial charge is 0.0473 e. The minimum absolute atomic E-state index is 1.13. The molecule has 10 aromatic rings. The van der Waals surface area contributed by atoms with Gasteiger partial charge >= 0.3 is 0 Å². The first-order valence-corrected chi connectivity index (χ1v) is 17.6. The van der Waals surface area contributed by atoms with E-state index in [4.69, 9.17) is 0 Å². The minimum atomic E-state index is 1.13. The van der Waals surface area contributed by atoms with E-state index in [1.165, 1.54) is 59.4 Å². The van der Waals surface area contributed by atoms with Crippen LogP contribution in [0, 0.1) is 6.92 Å². The Kier molecular flexibility index (Phi) is 6.75. The van der Waals surface area contributed by atoms with Crippen LogP contribution in [0.3, 0.4) is 0 Å². The van der Waals surface area contributed by atoms with Crippen molar-refractivity contribution < 1.29 is 0 Å². The number of anilines is 6. The average Bonchev–Trinajstić information content (AvgIpc) is 3.17. The van der Waals surface area contributed by atoms with E-state index >= 15 is 0 Å². The maximum absolute atomic E-state index is 2.40. The van der Waals surface area contributed by atoms with E-state index in [1.807, 2.05) is 0 Å². The molecular weight excluding hydrogens is 617 g/mol. The summed E-state index contributed by atoms with van der Waals surface area (Å²) in [5, 5.41) is 12.5. The fourth-order valence-electron chi connectivity index (χ4n) is 7.93. The Labute approximate surface area is 297 Å². The molecule has 240 valence electrons. The molecule has 0 saturated heterocycles. The lowest BCUT2D eigenvalue weighted by Crippen LogP contribution is -2.10. The summed E-state index contributed by atoms with van der Waals surface area (Å²) in [7, 11) is 0. The Balaban J connectivity index is 1.15. The maximum Gasteiger partial charge on any atom is 0.0473 e. The third-order valence-electron chi connectivity index (χ3n) is 10.3. The van der Waals surface area contributed by atoms with Crippen LogP contribution in [0.4, 0.5) is 34.1 Å². The van der Waals surface area contributed by atoms with E-state index in [2.05, 4.69) is 205 Å². The number of rotatable bonds is 6. The van der Waals surface area contributed by atoms with Gasteiger partial charge in [0.25, 0.3) is 0 Å². The topological polar surface area (TPSA) is 6.48 Å². The van der Waals surface area contributed by atoms with Gasteiger partial charge in [-0.05, 0) is 139 Å². The number of hydrogen-bond acceptors (Lipinski definition) is 2. The standard InChI is InChI=1S/C49H34N2/c1-33-10-9-17-43(26-33)51(45-25-23-35-12-6-8-14-37(35)28-45)47-31-40-20-18-38-29-46(30-39-19-21-41(32-47)49(40)48(38)39)50(42-15-3-2-4-16-42)44-24-22-34-11-5-7-13-36(34)27-44/h2-32H,1H3. The van der Waals surface area contributed by atoms with Crippen molar-refractivity contribution >= 4 is 88.0 Å². The van der Waals surface area contributed by atoms with E-state index in [0.717, 1.165) is 34.1 Å². The molecule has 0 fully saturated rings. The van der Waals surface area contributed by atoms with E-state index < -0.39 is 0 Å². The summed E-state index contributed by atoms with van der Waals surface area (Å²) in [6.45, 7) is 2.16. The summed E-state index contributed by atoms with van der Waals surface area (Å²) in [6, 6.07) is 68.8. The number of hydrogen-bond donors (Lipinski definition) is 0. The SMILES string of the molecule is Cc1cccc(N(c2ccc3ccccc3c2)c2cc3ccc4cc(N(c5ccccc5)c5ccc6ccccc6c5)cc5ccc(c2)c3c45)c1. The van der Waals surface area contributed by atoms with Crippen molar-refractivity contribution in [2.24, 2.45) is 0 Å². The van der Waals surface area contributed by atoms with Crippen LogP contribution in [-0.4, -0.2) is 0 Å². The summed E-state index contributed by atoms with van der Waals surface area (Å²) >= 11 is 0. The number of aryl methyl sites for hydroxylation is 1. The second kappa shape index (κ2) is 11.8. The number of fused-ring (bicyclic) bond motifs is 2. The van der Waals surface area contributed by atoms with Gasteiger partial charge in [0.1, 0.15) is 0 Å². The fraction of sp³-hybridized carbons (Fsp3) is 0.0204. The van der Waals surface area contributed by atoms with Crippen LogP contribution in [0.2, 0.25) is 0 Å². The summed E-state index contributed by atoms with van der Waals surface area (Å²) in [4.78, 5) is 4.77. The second-order valence-electron chi connectivity index (χ2n) is 13.6. The lowest BCUT2D eigenvalue weighted by atomic mass is 9.92. The zero-order valence-electron chi connectivity index (χ0n) is 28.3. The van der Waals surface area contributed by atoms with E-state index in [-0.39, 0.29) is 0 Å². The lowest BCUT2D eigenvalue weighted by Gasteiger charge is -2.28. The molecule has 0 bridgehead atoms. The molecule has 0 spiro atoms. The number of para-hydroxylation sites is 1. The lowest BCUT2D eigenvalue weighted by molar-refractivity contribution is 1.28. The van der Waals surface area contributed by atoms with Gasteiger partial charge in [-0.2, -0.15) is 0 Å². The predicted molar refractivity (Wildman–Crippen MR) is 219 cm³/mol. The van der Waals surface area contributed by atoms with Crippen molar-refractivity contribution in [2.45, 2.75) is 6.92 Å². The first-order valence-electron chi connectivity index (χ1n) is 17.6. The highest BCUT2D eigenvalue weighted by molar-refractivity contribution is 6.24. The summed E-state index contributed by atoms with van der Waals surface area (Å²) in [5.41, 5.74) is 8.10. The zero-order valence-corrected chi connectivity index (χ0v) is 28.3. The van der Waals surface area contributed by atoms with Crippen molar-refractivity contribution in [1.82, 2.24) is 0 Å². The Morgan fingerprint density at radius 2 is 0.627 bits per heavy atom. The first-order chi connectivity index (χ1) is 25.2. The van der Waals surface area contributed by atoms with Gasteiger partial charge < -0.3 is 9.80 Å². The van der Waals surface area contributed by atoms with Crippen LogP contribution < -0.4 is 9.80 Å². The number of nitrogens with zero attached hydrogens (tertiary/aromatic N) is 2. The van der Waals surface area contributed by atoms with Gasteiger partial charge in [0.05, 0.1) is 0 Å². The molecule has 10 rings (SSSR count). The van der Waals surface area contributed by atoms with Crippen molar-refractivity contribution in [3.63, 3.8) is 0 Å². The number of benzene rings is 10. The van der Waals surface area contributed by atoms with Gasteiger partial charge in [-0.1, -0.05) is 115 Å². The molecule has 10 aromatic carbocycles. The largest absolute Gasteiger partial charge is 0.310 e. The zero-order chi connectivity index (χ0) is 33.9. The molecule has 0 atom stereocenters. The molecule has 0 heterocycles. The normalized spacial score (nSPS) is 11.6. The fourth-order valence-corrected chi connectivity index (χ4v) is 7.93. The summed E-state index contributed by atoms with van der Waals surface area (Å²) in [6.07, 6.45) is 0. The molecule has 0 aliphatic rings. The molecule has 2 nitrogen and oxygen atoms in total. The van der Waals surface area contributed by atoms with Gasteiger partial charge in [-0.3, -0.25) is 0 Å². The van der Waals surface area contributed by atoms with Crippen LogP contribution in [-0.2, 0) is 0 Å². The van der Waals surface area contributed by atoms with Crippen LogP contribution in [0.25, 0.3) is 53.9 Å². The maximum atomic E-state index is 2.40. The molecule has 2 heteroatoms. The minimum Gasteiger partial charge on any atom is -0.310 e. The van der Waals surface area contributed by atoms with Gasteiger partial charge in [-0.15, -0.1) is 0 Å². The Morgan fingerprint density at radius 1 is 0.255 bits per heavy atom. The third-order valence-corrected chi connectivity index (χ3v) is 10.3. The van der Waals surface area contributed by atoms with Gasteiger partial charge in [0, 0.05) is 34.1 Å². The molecular formula is C49H34N2. The van der Waals surface area contributed by atoms with Crippen molar-refractivity contribution in [3.05, 3.63) is 194 Å². The van der Waals surface area contributed by atoms with Crippen LogP contribution in [0.15, 0.2) is 188 Å². The monoisotopic (exact) mass is 650 g/mol. The second-order valence-corrected chi connectivity index (χ2v) is 13.6. The van der Waals surface area contributed by atoms with Crippen LogP contribution in [0.1, 0.15) is 5.56 Å². The van der Waals surface area contributed by atoms with Gasteiger partial charge in [0.2, 0.25) is 0 Å². The van der Waals surface area contributed by atoms with Crippen LogP contribution in [0.5, 0.6) is 0 Å². The van der Waals surface area contributed by atoms with E-state index in [0.29, 0.717) is 0 Å². The van der Waals surface area contributed by atoms with E-state index in [9.17, 15) is 0 Å². The molecule has 0 N–H and O–H groups in total. The highest BCUT2D eigenvalue weighted by atomic mass is 15.1. The molecule has 0 saturated carbocycles. The Morgan fingerprint density at radius 3 is 1.12 bits per heavy atom. The Bertz CT molecular complexity index is 2820. The van der Waals surface area contributed by atoms with Crippen molar-refractivity contribution in [3.8, 4) is 0 Å².